The Bertz CT molecular complexity index is 3020. The van der Waals surface area contributed by atoms with Gasteiger partial charge in [0.25, 0.3) is 0 Å². The van der Waals surface area contributed by atoms with Gasteiger partial charge in [0.1, 0.15) is 33.5 Å². The summed E-state index contributed by atoms with van der Waals surface area (Å²) in [7, 11) is 0. The molecule has 11 rings (SSSR count). The molecule has 0 radical (unpaired) electrons. The van der Waals surface area contributed by atoms with Crippen LogP contribution < -0.4 is 0 Å². The molecule has 0 saturated heterocycles. The van der Waals surface area contributed by atoms with Gasteiger partial charge in [0.15, 0.2) is 0 Å². The lowest BCUT2D eigenvalue weighted by Gasteiger charge is -2.17. The van der Waals surface area contributed by atoms with Gasteiger partial charge in [-0.05, 0) is 69.1 Å². The maximum absolute atomic E-state index is 6.58. The van der Waals surface area contributed by atoms with Crippen molar-refractivity contribution < 1.29 is 13.3 Å². The number of benzene rings is 8. The van der Waals surface area contributed by atoms with E-state index in [2.05, 4.69) is 109 Å². The fourth-order valence-electron chi connectivity index (χ4n) is 7.91. The molecule has 0 aliphatic carbocycles. The van der Waals surface area contributed by atoms with Crippen LogP contribution in [0.5, 0.6) is 0 Å². The fourth-order valence-corrected chi connectivity index (χ4v) is 7.91. The lowest BCUT2D eigenvalue weighted by molar-refractivity contribution is 0.663. The number of hydrogen-bond donors (Lipinski definition) is 0. The molecule has 0 aliphatic rings. The highest BCUT2D eigenvalue weighted by Gasteiger charge is 2.21. The highest BCUT2D eigenvalue weighted by Crippen LogP contribution is 2.47. The first-order valence-electron chi connectivity index (χ1n) is 15.9. The molecule has 3 heteroatoms. The Hall–Kier alpha value is -6.32. The van der Waals surface area contributed by atoms with Crippen LogP contribution in [0.4, 0.5) is 0 Å². The zero-order chi connectivity index (χ0) is 30.6. The van der Waals surface area contributed by atoms with Crippen molar-refractivity contribution in [2.75, 3.05) is 0 Å². The second-order valence-electron chi connectivity index (χ2n) is 12.3. The number of furan rings is 3. The normalized spacial score (nSPS) is 12.3. The van der Waals surface area contributed by atoms with Crippen LogP contribution in [0.3, 0.4) is 0 Å². The Kier molecular flexibility index (Phi) is 4.84. The van der Waals surface area contributed by atoms with E-state index in [9.17, 15) is 0 Å². The maximum Gasteiger partial charge on any atom is 0.143 e. The van der Waals surface area contributed by atoms with Crippen molar-refractivity contribution in [2.24, 2.45) is 0 Å². The zero-order valence-electron chi connectivity index (χ0n) is 25.1. The van der Waals surface area contributed by atoms with Crippen molar-refractivity contribution in [1.82, 2.24) is 0 Å². The number of fused-ring (bicyclic) bond motifs is 12. The molecule has 0 amide bonds. The van der Waals surface area contributed by atoms with Gasteiger partial charge in [-0.15, -0.1) is 0 Å². The molecule has 0 saturated carbocycles. The van der Waals surface area contributed by atoms with E-state index in [1.165, 1.54) is 32.7 Å². The van der Waals surface area contributed by atoms with E-state index < -0.39 is 0 Å². The van der Waals surface area contributed by atoms with Gasteiger partial charge in [0, 0.05) is 43.4 Å². The second-order valence-corrected chi connectivity index (χ2v) is 12.3. The van der Waals surface area contributed by atoms with Gasteiger partial charge in [-0.1, -0.05) is 109 Å². The summed E-state index contributed by atoms with van der Waals surface area (Å²) < 4.78 is 19.4. The molecule has 0 aliphatic heterocycles. The molecule has 47 heavy (non-hydrogen) atoms. The first-order valence-corrected chi connectivity index (χ1v) is 15.9. The van der Waals surface area contributed by atoms with Crippen LogP contribution >= 0.6 is 0 Å². The summed E-state index contributed by atoms with van der Waals surface area (Å²) in [6.45, 7) is 0. The van der Waals surface area contributed by atoms with Gasteiger partial charge in [0.05, 0.1) is 0 Å². The molecule has 0 N–H and O–H groups in total. The van der Waals surface area contributed by atoms with Crippen molar-refractivity contribution in [3.63, 3.8) is 0 Å². The molecule has 3 aromatic heterocycles. The van der Waals surface area contributed by atoms with Crippen molar-refractivity contribution in [3.8, 4) is 22.3 Å². The third kappa shape index (κ3) is 3.35. The molecular formula is C44H24O3. The Morgan fingerprint density at radius 1 is 0.298 bits per heavy atom. The van der Waals surface area contributed by atoms with Crippen LogP contribution in [0, 0.1) is 0 Å². The molecule has 0 spiro atoms. The van der Waals surface area contributed by atoms with Crippen molar-refractivity contribution in [1.29, 1.82) is 0 Å². The van der Waals surface area contributed by atoms with E-state index in [1.807, 2.05) is 36.4 Å². The second kappa shape index (κ2) is 9.12. The summed E-state index contributed by atoms with van der Waals surface area (Å²) in [6, 6.07) is 51.2. The van der Waals surface area contributed by atoms with E-state index in [4.69, 9.17) is 13.3 Å². The van der Waals surface area contributed by atoms with Crippen LogP contribution in [-0.4, -0.2) is 0 Å². The lowest BCUT2D eigenvalue weighted by Crippen LogP contribution is -1.91. The summed E-state index contributed by atoms with van der Waals surface area (Å²) in [5.41, 5.74) is 9.89. The Balaban J connectivity index is 1.22. The number of rotatable bonds is 2. The standard InChI is InChI=1S/C44H24O3/c1-3-13-29-27(11-1)40(25-20-21-33-39(24-25)46-38-23-22-37-42(43(33)38)32-15-6-8-19-36(32)45-37)28-12-2-4-14-30(28)41(29)34-17-9-16-31-26-10-5-7-18-35(26)47-44(31)34/h1-24H. The first kappa shape index (κ1) is 24.9. The van der Waals surface area contributed by atoms with Crippen LogP contribution in [0.15, 0.2) is 159 Å². The molecule has 8 aromatic carbocycles. The third-order valence-electron chi connectivity index (χ3n) is 9.87. The average Bonchev–Trinajstić information content (AvgIpc) is 3.81. The van der Waals surface area contributed by atoms with Gasteiger partial charge in [-0.3, -0.25) is 0 Å². The fraction of sp³-hybridized carbons (Fsp3) is 0. The maximum atomic E-state index is 6.58. The minimum atomic E-state index is 0.861. The number of hydrogen-bond acceptors (Lipinski definition) is 3. The summed E-state index contributed by atoms with van der Waals surface area (Å²) in [5.74, 6) is 0. The molecular weight excluding hydrogens is 576 g/mol. The minimum Gasteiger partial charge on any atom is -0.456 e. The van der Waals surface area contributed by atoms with E-state index in [0.29, 0.717) is 0 Å². The predicted molar refractivity (Wildman–Crippen MR) is 194 cm³/mol. The predicted octanol–water partition coefficient (Wildman–Crippen LogP) is 13.0. The van der Waals surface area contributed by atoms with Crippen molar-refractivity contribution in [2.45, 2.75) is 0 Å². The van der Waals surface area contributed by atoms with Crippen LogP contribution in [0.2, 0.25) is 0 Å². The van der Waals surface area contributed by atoms with Crippen LogP contribution in [0.1, 0.15) is 0 Å². The van der Waals surface area contributed by atoms with Crippen LogP contribution in [-0.2, 0) is 0 Å². The smallest absolute Gasteiger partial charge is 0.143 e. The minimum absolute atomic E-state index is 0.861. The van der Waals surface area contributed by atoms with E-state index >= 15 is 0 Å². The SMILES string of the molecule is c1ccc2c(c1)oc1c(-c3c4ccccc4c(-c4ccc5c(c4)oc4ccc6oc7ccccc7c6c45)c4ccccc34)cccc12. The summed E-state index contributed by atoms with van der Waals surface area (Å²) in [6.07, 6.45) is 0. The van der Waals surface area contributed by atoms with Gasteiger partial charge < -0.3 is 13.3 Å². The monoisotopic (exact) mass is 600 g/mol. The van der Waals surface area contributed by atoms with Crippen LogP contribution in [0.25, 0.3) is 110 Å². The topological polar surface area (TPSA) is 39.4 Å². The molecule has 3 nitrogen and oxygen atoms in total. The van der Waals surface area contributed by atoms with Gasteiger partial charge in [-0.2, -0.15) is 0 Å². The van der Waals surface area contributed by atoms with Gasteiger partial charge >= 0.3 is 0 Å². The Morgan fingerprint density at radius 3 is 1.49 bits per heavy atom. The molecule has 218 valence electrons. The van der Waals surface area contributed by atoms with E-state index in [-0.39, 0.29) is 0 Å². The molecule has 0 atom stereocenters. The largest absolute Gasteiger partial charge is 0.456 e. The Labute approximate surface area is 267 Å². The average molecular weight is 601 g/mol. The van der Waals surface area contributed by atoms with Crippen molar-refractivity contribution >= 4 is 87.4 Å². The highest BCUT2D eigenvalue weighted by atomic mass is 16.3. The quantitative estimate of drug-likeness (QED) is 0.185. The lowest BCUT2D eigenvalue weighted by atomic mass is 9.85. The summed E-state index contributed by atoms with van der Waals surface area (Å²) in [5, 5.41) is 11.4. The molecule has 11 aromatic rings. The third-order valence-corrected chi connectivity index (χ3v) is 9.87. The molecule has 0 fully saturated rings. The molecule has 0 bridgehead atoms. The molecule has 0 unspecified atom stereocenters. The van der Waals surface area contributed by atoms with E-state index in [0.717, 1.165) is 76.9 Å². The first-order chi connectivity index (χ1) is 23.3. The van der Waals surface area contributed by atoms with Gasteiger partial charge in [0.2, 0.25) is 0 Å². The summed E-state index contributed by atoms with van der Waals surface area (Å²) in [4.78, 5) is 0. The van der Waals surface area contributed by atoms with Crippen molar-refractivity contribution in [3.05, 3.63) is 146 Å². The molecule has 3 heterocycles. The zero-order valence-corrected chi connectivity index (χ0v) is 25.1. The summed E-state index contributed by atoms with van der Waals surface area (Å²) >= 11 is 0. The Morgan fingerprint density at radius 2 is 0.809 bits per heavy atom. The highest BCUT2D eigenvalue weighted by molar-refractivity contribution is 6.27. The van der Waals surface area contributed by atoms with Gasteiger partial charge in [-0.25, -0.2) is 0 Å². The van der Waals surface area contributed by atoms with E-state index in [1.54, 1.807) is 0 Å². The number of para-hydroxylation sites is 3.